The van der Waals surface area contributed by atoms with Crippen LogP contribution in [0.4, 0.5) is 0 Å². The van der Waals surface area contributed by atoms with E-state index in [1.54, 1.807) is 0 Å². The molecule has 0 aromatic heterocycles. The molecule has 0 bridgehead atoms. The number of hydrogen-bond donors (Lipinski definition) is 0. The second-order valence-electron chi connectivity index (χ2n) is 10.2. The fraction of sp³-hybridized carbons (Fsp3) is 0.720. The van der Waals surface area contributed by atoms with Gasteiger partial charge in [-0.15, -0.1) is 6.58 Å². The summed E-state index contributed by atoms with van der Waals surface area (Å²) >= 11 is 0. The van der Waals surface area contributed by atoms with Crippen molar-refractivity contribution in [2.75, 3.05) is 6.61 Å². The normalized spacial score (nSPS) is 49.2. The zero-order valence-electron chi connectivity index (χ0n) is 16.8. The van der Waals surface area contributed by atoms with Crippen LogP contribution >= 0.6 is 0 Å². The quantitative estimate of drug-likeness (QED) is 0.561. The minimum atomic E-state index is -0.0964. The number of allylic oxidation sites excluding steroid dienone is 2. The van der Waals surface area contributed by atoms with E-state index in [0.29, 0.717) is 23.5 Å². The first-order chi connectivity index (χ1) is 13.0. The Morgan fingerprint density at radius 2 is 2.07 bits per heavy atom. The zero-order chi connectivity index (χ0) is 18.8. The van der Waals surface area contributed by atoms with E-state index in [2.05, 4.69) is 26.2 Å². The molecule has 0 amide bonds. The van der Waals surface area contributed by atoms with Crippen LogP contribution < -0.4 is 0 Å². The summed E-state index contributed by atoms with van der Waals surface area (Å²) < 4.78 is 6.61. The molecule has 5 aliphatic rings. The highest BCUT2D eigenvalue weighted by molar-refractivity contribution is 5.91. The van der Waals surface area contributed by atoms with E-state index < -0.39 is 0 Å². The highest BCUT2D eigenvalue weighted by Gasteiger charge is 2.66. The number of hydrogen-bond acceptors (Lipinski definition) is 2. The monoisotopic (exact) mass is 366 g/mol. The Kier molecular flexibility index (Phi) is 4.10. The summed E-state index contributed by atoms with van der Waals surface area (Å²) in [5.74, 6) is 3.66. The van der Waals surface area contributed by atoms with Crippen LogP contribution in [-0.2, 0) is 9.53 Å². The van der Waals surface area contributed by atoms with E-state index in [0.717, 1.165) is 57.0 Å². The van der Waals surface area contributed by atoms with Gasteiger partial charge in [0.1, 0.15) is 0 Å². The van der Waals surface area contributed by atoms with E-state index in [1.165, 1.54) is 30.4 Å². The van der Waals surface area contributed by atoms with Crippen molar-refractivity contribution < 1.29 is 9.53 Å². The summed E-state index contributed by atoms with van der Waals surface area (Å²) in [6.45, 7) is 12.2. The number of rotatable bonds is 1. The SMILES string of the molecule is C=C[C@H]1C[C@@]2(C)[C@@H](CC[C@]23OCCCC3=C)[C@@H]2CCC3=CC(=O)CC[C@@H]3[C@H]21. The predicted molar refractivity (Wildman–Crippen MR) is 108 cm³/mol. The van der Waals surface area contributed by atoms with Gasteiger partial charge < -0.3 is 4.74 Å². The van der Waals surface area contributed by atoms with Gasteiger partial charge in [0, 0.05) is 18.4 Å². The zero-order valence-corrected chi connectivity index (χ0v) is 16.8. The predicted octanol–water partition coefficient (Wildman–Crippen LogP) is 5.65. The molecule has 27 heavy (non-hydrogen) atoms. The molecule has 2 heteroatoms. The molecule has 5 rings (SSSR count). The fourth-order valence-corrected chi connectivity index (χ4v) is 8.26. The topological polar surface area (TPSA) is 26.3 Å². The second kappa shape index (κ2) is 6.17. The van der Waals surface area contributed by atoms with Gasteiger partial charge in [-0.05, 0) is 92.6 Å². The lowest BCUT2D eigenvalue weighted by molar-refractivity contribution is -0.153. The van der Waals surface area contributed by atoms with Crippen molar-refractivity contribution in [3.63, 3.8) is 0 Å². The molecule has 0 aromatic carbocycles. The number of carbonyl (C=O) groups is 1. The lowest BCUT2D eigenvalue weighted by Gasteiger charge is -2.60. The minimum absolute atomic E-state index is 0.0964. The Balaban J connectivity index is 1.54. The van der Waals surface area contributed by atoms with Gasteiger partial charge in [-0.3, -0.25) is 4.79 Å². The van der Waals surface area contributed by atoms with E-state index in [4.69, 9.17) is 4.74 Å². The first-order valence-corrected chi connectivity index (χ1v) is 11.2. The molecule has 3 saturated carbocycles. The minimum Gasteiger partial charge on any atom is -0.370 e. The Morgan fingerprint density at radius 3 is 2.85 bits per heavy atom. The first kappa shape index (κ1) is 17.9. The summed E-state index contributed by atoms with van der Waals surface area (Å²) in [4.78, 5) is 12.0. The Bertz CT molecular complexity index is 718. The Morgan fingerprint density at radius 1 is 1.22 bits per heavy atom. The van der Waals surface area contributed by atoms with Gasteiger partial charge in [-0.25, -0.2) is 0 Å². The van der Waals surface area contributed by atoms with Crippen molar-refractivity contribution in [2.45, 2.75) is 70.3 Å². The maximum absolute atomic E-state index is 12.0. The highest BCUT2D eigenvalue weighted by Crippen LogP contribution is 2.69. The van der Waals surface area contributed by atoms with Crippen molar-refractivity contribution >= 4 is 5.78 Å². The van der Waals surface area contributed by atoms with Gasteiger partial charge in [-0.1, -0.05) is 25.2 Å². The third kappa shape index (κ3) is 2.32. The molecule has 1 heterocycles. The van der Waals surface area contributed by atoms with Crippen molar-refractivity contribution in [1.82, 2.24) is 0 Å². The van der Waals surface area contributed by atoms with Gasteiger partial charge in [0.2, 0.25) is 0 Å². The molecule has 4 fully saturated rings. The number of carbonyl (C=O) groups excluding carboxylic acids is 1. The maximum Gasteiger partial charge on any atom is 0.155 e. The summed E-state index contributed by atoms with van der Waals surface area (Å²) in [6.07, 6.45) is 14.3. The van der Waals surface area contributed by atoms with Crippen LogP contribution in [-0.4, -0.2) is 18.0 Å². The molecule has 146 valence electrons. The first-order valence-electron chi connectivity index (χ1n) is 11.2. The average molecular weight is 367 g/mol. The molecule has 0 N–H and O–H groups in total. The molecule has 2 nitrogen and oxygen atoms in total. The molecule has 1 spiro atoms. The van der Waals surface area contributed by atoms with Crippen molar-refractivity contribution in [3.8, 4) is 0 Å². The van der Waals surface area contributed by atoms with Crippen LogP contribution in [0.2, 0.25) is 0 Å². The van der Waals surface area contributed by atoms with Crippen LogP contribution in [0.25, 0.3) is 0 Å². The number of ether oxygens (including phenoxy) is 1. The van der Waals surface area contributed by atoms with Crippen molar-refractivity contribution in [1.29, 1.82) is 0 Å². The lowest BCUT2D eigenvalue weighted by Crippen LogP contribution is -2.57. The molecule has 7 atom stereocenters. The molecule has 0 unspecified atom stereocenters. The van der Waals surface area contributed by atoms with Crippen molar-refractivity contribution in [3.05, 3.63) is 36.5 Å². The summed E-state index contributed by atoms with van der Waals surface area (Å²) in [5.41, 5.74) is 2.91. The third-order valence-corrected chi connectivity index (χ3v) is 9.31. The van der Waals surface area contributed by atoms with E-state index in [1.807, 2.05) is 6.08 Å². The molecule has 0 aromatic rings. The number of fused-ring (bicyclic) bond motifs is 6. The van der Waals surface area contributed by atoms with E-state index in [-0.39, 0.29) is 11.0 Å². The molecular weight excluding hydrogens is 332 g/mol. The number of ketones is 1. The second-order valence-corrected chi connectivity index (χ2v) is 10.2. The van der Waals surface area contributed by atoms with Crippen LogP contribution in [0.3, 0.4) is 0 Å². The Labute approximate surface area is 164 Å². The van der Waals surface area contributed by atoms with Gasteiger partial charge in [0.05, 0.1) is 5.60 Å². The summed E-state index contributed by atoms with van der Waals surface area (Å²) in [7, 11) is 0. The van der Waals surface area contributed by atoms with Gasteiger partial charge in [0.25, 0.3) is 0 Å². The molecule has 1 saturated heterocycles. The van der Waals surface area contributed by atoms with Crippen LogP contribution in [0.1, 0.15) is 64.7 Å². The summed E-state index contributed by atoms with van der Waals surface area (Å²) in [5, 5.41) is 0. The maximum atomic E-state index is 12.0. The molecular formula is C25H34O2. The standard InChI is InChI=1S/C25H34O2/c1-4-17-15-24(3)22(11-12-25(24)16(2)6-5-13-27-25)21-9-7-18-14-19(26)8-10-20(18)23(17)21/h4,14,17,20-23H,1-2,5-13,15H2,3H3/t17-,20-,21-,22-,23+,24-,25+/m0/s1. The smallest absolute Gasteiger partial charge is 0.155 e. The lowest BCUT2D eigenvalue weighted by atomic mass is 9.47. The van der Waals surface area contributed by atoms with Crippen LogP contribution in [0.15, 0.2) is 36.5 Å². The molecule has 0 radical (unpaired) electrons. The molecule has 1 aliphatic heterocycles. The van der Waals surface area contributed by atoms with E-state index in [9.17, 15) is 4.79 Å². The largest absolute Gasteiger partial charge is 0.370 e. The van der Waals surface area contributed by atoms with Gasteiger partial charge in [0.15, 0.2) is 5.78 Å². The third-order valence-electron chi connectivity index (χ3n) is 9.31. The van der Waals surface area contributed by atoms with Crippen LogP contribution in [0.5, 0.6) is 0 Å². The average Bonchev–Trinajstić information content (AvgIpc) is 2.96. The summed E-state index contributed by atoms with van der Waals surface area (Å²) in [6, 6.07) is 0. The van der Waals surface area contributed by atoms with Crippen molar-refractivity contribution in [2.24, 2.45) is 35.0 Å². The highest BCUT2D eigenvalue weighted by atomic mass is 16.5. The van der Waals surface area contributed by atoms with Gasteiger partial charge >= 0.3 is 0 Å². The van der Waals surface area contributed by atoms with Crippen LogP contribution in [0, 0.1) is 35.0 Å². The molecule has 4 aliphatic carbocycles. The van der Waals surface area contributed by atoms with E-state index >= 15 is 0 Å². The fourth-order valence-electron chi connectivity index (χ4n) is 8.26. The Hall–Kier alpha value is -1.15. The van der Waals surface area contributed by atoms with Gasteiger partial charge in [-0.2, -0.15) is 0 Å².